The van der Waals surface area contributed by atoms with Gasteiger partial charge in [0.25, 0.3) is 11.5 Å². The molecule has 2 aliphatic heterocycles. The van der Waals surface area contributed by atoms with Crippen LogP contribution in [0.5, 0.6) is 0 Å². The molecule has 0 radical (unpaired) electrons. The monoisotopic (exact) mass is 514 g/mol. The third-order valence-electron chi connectivity index (χ3n) is 6.41. The maximum absolute atomic E-state index is 13.5. The van der Waals surface area contributed by atoms with Gasteiger partial charge in [-0.2, -0.15) is 0 Å². The number of fused-ring (bicyclic) bond motifs is 1. The van der Waals surface area contributed by atoms with E-state index in [0.29, 0.717) is 39.3 Å². The molecule has 0 saturated carbocycles. The Kier molecular flexibility index (Phi) is 8.97. The number of rotatable bonds is 11. The Hall–Kier alpha value is -2.23. The van der Waals surface area contributed by atoms with Crippen molar-refractivity contribution in [3.63, 3.8) is 0 Å². The quantitative estimate of drug-likeness (QED) is 0.252. The molecule has 1 atom stereocenters. The number of aryl methyl sites for hydroxylation is 1. The Morgan fingerprint density at radius 2 is 2.03 bits per heavy atom. The largest absolute Gasteiger partial charge is 0.376 e. The van der Waals surface area contributed by atoms with Gasteiger partial charge in [0, 0.05) is 25.9 Å². The fraction of sp³-hybridized carbons (Fsp3) is 0.538. The number of aromatic nitrogens is 2. The van der Waals surface area contributed by atoms with Gasteiger partial charge in [0.15, 0.2) is 0 Å². The van der Waals surface area contributed by atoms with Crippen molar-refractivity contribution in [3.8, 4) is 0 Å². The summed E-state index contributed by atoms with van der Waals surface area (Å²) < 4.78 is 7.81. The molecular weight excluding hydrogens is 480 g/mol. The van der Waals surface area contributed by atoms with Crippen LogP contribution in [0.3, 0.4) is 0 Å². The van der Waals surface area contributed by atoms with E-state index in [1.165, 1.54) is 41.8 Å². The first-order chi connectivity index (χ1) is 17.0. The Labute approximate surface area is 216 Å². The lowest BCUT2D eigenvalue weighted by molar-refractivity contribution is -0.122. The highest BCUT2D eigenvalue weighted by molar-refractivity contribution is 8.26. The molecule has 0 aromatic carbocycles. The first-order valence-electron chi connectivity index (χ1n) is 12.6. The van der Waals surface area contributed by atoms with Crippen LogP contribution in [0.2, 0.25) is 0 Å². The fourth-order valence-corrected chi connectivity index (χ4v) is 5.70. The zero-order chi connectivity index (χ0) is 24.8. The second-order valence-electron chi connectivity index (χ2n) is 9.23. The van der Waals surface area contributed by atoms with Crippen LogP contribution in [0.25, 0.3) is 11.7 Å². The normalized spacial score (nSPS) is 19.4. The molecule has 1 unspecified atom stereocenters. The van der Waals surface area contributed by atoms with Crippen LogP contribution >= 0.6 is 24.0 Å². The van der Waals surface area contributed by atoms with E-state index in [9.17, 15) is 9.59 Å². The van der Waals surface area contributed by atoms with Gasteiger partial charge in [0.2, 0.25) is 0 Å². The van der Waals surface area contributed by atoms with Gasteiger partial charge in [-0.25, -0.2) is 4.98 Å². The third-order valence-corrected chi connectivity index (χ3v) is 7.79. The number of anilines is 1. The predicted molar refractivity (Wildman–Crippen MR) is 147 cm³/mol. The molecule has 9 heteroatoms. The number of thiocarbonyl (C=S) groups is 1. The number of carbonyl (C=O) groups is 1. The van der Waals surface area contributed by atoms with Gasteiger partial charge >= 0.3 is 0 Å². The summed E-state index contributed by atoms with van der Waals surface area (Å²) >= 11 is 6.77. The van der Waals surface area contributed by atoms with Crippen molar-refractivity contribution in [2.75, 3.05) is 25.0 Å². The Balaban J connectivity index is 1.57. The Morgan fingerprint density at radius 1 is 1.23 bits per heavy atom. The fourth-order valence-electron chi connectivity index (χ4n) is 4.41. The van der Waals surface area contributed by atoms with Gasteiger partial charge in [-0.3, -0.25) is 18.9 Å². The molecule has 0 aliphatic carbocycles. The van der Waals surface area contributed by atoms with Gasteiger partial charge < -0.3 is 10.1 Å². The van der Waals surface area contributed by atoms with Crippen LogP contribution in [0.15, 0.2) is 28.0 Å². The number of nitrogens with one attached hydrogen (secondary N) is 1. The molecule has 0 spiro atoms. The number of carbonyl (C=O) groups excluding carboxylic acids is 1. The first-order valence-corrected chi connectivity index (χ1v) is 13.8. The first kappa shape index (κ1) is 25.9. The molecule has 0 bridgehead atoms. The zero-order valence-electron chi connectivity index (χ0n) is 20.5. The summed E-state index contributed by atoms with van der Waals surface area (Å²) in [5, 5.41) is 3.31. The second kappa shape index (κ2) is 12.1. The summed E-state index contributed by atoms with van der Waals surface area (Å²) in [6, 6.07) is 3.76. The van der Waals surface area contributed by atoms with E-state index in [1.54, 1.807) is 17.2 Å². The highest BCUT2D eigenvalue weighted by Gasteiger charge is 2.32. The lowest BCUT2D eigenvalue weighted by atomic mass is 10.1. The molecule has 35 heavy (non-hydrogen) atoms. The van der Waals surface area contributed by atoms with Crippen molar-refractivity contribution >= 4 is 51.7 Å². The molecule has 2 fully saturated rings. The Morgan fingerprint density at radius 3 is 2.80 bits per heavy atom. The molecule has 4 rings (SSSR count). The second-order valence-corrected chi connectivity index (χ2v) is 10.9. The number of thioether (sulfide) groups is 1. The van der Waals surface area contributed by atoms with E-state index in [4.69, 9.17) is 21.9 Å². The average Bonchev–Trinajstić information content (AvgIpc) is 3.46. The number of hydrogen-bond donors (Lipinski definition) is 1. The topological polar surface area (TPSA) is 75.9 Å². The minimum Gasteiger partial charge on any atom is -0.376 e. The number of amides is 1. The van der Waals surface area contributed by atoms with Crippen molar-refractivity contribution in [1.82, 2.24) is 14.3 Å². The van der Waals surface area contributed by atoms with Crippen LogP contribution in [0.4, 0.5) is 5.82 Å². The van der Waals surface area contributed by atoms with Gasteiger partial charge in [0.1, 0.15) is 15.8 Å². The molecular formula is C26H34N4O3S2. The summed E-state index contributed by atoms with van der Waals surface area (Å²) in [7, 11) is 0. The van der Waals surface area contributed by atoms with Crippen molar-refractivity contribution in [2.45, 2.75) is 71.3 Å². The minimum absolute atomic E-state index is 0.0941. The van der Waals surface area contributed by atoms with E-state index in [1.807, 2.05) is 19.1 Å². The van der Waals surface area contributed by atoms with Gasteiger partial charge in [-0.05, 0) is 43.9 Å². The molecule has 1 amide bonds. The lowest BCUT2D eigenvalue weighted by Gasteiger charge is -2.15. The van der Waals surface area contributed by atoms with Crippen molar-refractivity contribution in [2.24, 2.45) is 0 Å². The zero-order valence-corrected chi connectivity index (χ0v) is 22.2. The predicted octanol–water partition coefficient (Wildman–Crippen LogP) is 5.16. The molecule has 7 nitrogen and oxygen atoms in total. The molecule has 2 saturated heterocycles. The van der Waals surface area contributed by atoms with Crippen LogP contribution < -0.4 is 10.9 Å². The average molecular weight is 515 g/mol. The lowest BCUT2D eigenvalue weighted by Crippen LogP contribution is -2.29. The van der Waals surface area contributed by atoms with Crippen molar-refractivity contribution in [1.29, 1.82) is 0 Å². The summed E-state index contributed by atoms with van der Waals surface area (Å²) in [6.07, 6.45) is 12.4. The van der Waals surface area contributed by atoms with Crippen LogP contribution in [-0.2, 0) is 9.53 Å². The van der Waals surface area contributed by atoms with Crippen LogP contribution in [0, 0.1) is 6.92 Å². The highest BCUT2D eigenvalue weighted by atomic mass is 32.2. The molecule has 1 N–H and O–H groups in total. The number of ether oxygens (including phenoxy) is 1. The summed E-state index contributed by atoms with van der Waals surface area (Å²) in [4.78, 5) is 33.5. The Bertz CT molecular complexity index is 1170. The molecule has 4 heterocycles. The van der Waals surface area contributed by atoms with E-state index in [0.717, 1.165) is 37.9 Å². The standard InChI is InChI=1S/C26H34N4O3S2/c1-3-4-5-6-7-8-13-29-25(32)21(35-26(29)34)15-20-23(27-16-19-10-9-14-33-19)28-22-12-11-18(2)17-30(22)24(20)31/h11-12,15,17,19,27H,3-10,13-14,16H2,1-2H3. The SMILES string of the molecule is CCCCCCCCN1C(=O)C(=Cc2c(NCC3CCCO3)nc3ccc(C)cn3c2=O)SC1=S. The highest BCUT2D eigenvalue weighted by Crippen LogP contribution is 2.33. The minimum atomic E-state index is -0.213. The van der Waals surface area contributed by atoms with E-state index < -0.39 is 0 Å². The van der Waals surface area contributed by atoms with E-state index in [2.05, 4.69) is 12.2 Å². The smallest absolute Gasteiger partial charge is 0.267 e. The summed E-state index contributed by atoms with van der Waals surface area (Å²) in [5.74, 6) is 0.336. The van der Waals surface area contributed by atoms with Crippen molar-refractivity contribution in [3.05, 3.63) is 44.7 Å². The van der Waals surface area contributed by atoms with E-state index in [-0.39, 0.29) is 17.6 Å². The number of hydrogen-bond acceptors (Lipinski definition) is 7. The number of nitrogens with zero attached hydrogens (tertiary/aromatic N) is 3. The van der Waals surface area contributed by atoms with Gasteiger partial charge in [-0.1, -0.05) is 69.1 Å². The molecule has 188 valence electrons. The third kappa shape index (κ3) is 6.32. The molecule has 2 aliphatic rings. The molecule has 2 aromatic heterocycles. The van der Waals surface area contributed by atoms with Crippen LogP contribution in [-0.4, -0.2) is 50.3 Å². The van der Waals surface area contributed by atoms with Gasteiger partial charge in [-0.15, -0.1) is 0 Å². The van der Waals surface area contributed by atoms with Crippen molar-refractivity contribution < 1.29 is 9.53 Å². The number of unbranched alkanes of at least 4 members (excludes halogenated alkanes) is 5. The molecule has 2 aromatic rings. The summed E-state index contributed by atoms with van der Waals surface area (Å²) in [6.45, 7) is 6.07. The van der Waals surface area contributed by atoms with Gasteiger partial charge in [0.05, 0.1) is 16.6 Å². The summed E-state index contributed by atoms with van der Waals surface area (Å²) in [5.41, 5.74) is 1.67. The van der Waals surface area contributed by atoms with Crippen LogP contribution in [0.1, 0.15) is 69.4 Å². The number of pyridine rings is 1. The maximum Gasteiger partial charge on any atom is 0.267 e. The maximum atomic E-state index is 13.5. The van der Waals surface area contributed by atoms with E-state index >= 15 is 0 Å².